The molecular formula is C23H21N5O2S. The molecule has 0 saturated carbocycles. The Morgan fingerprint density at radius 3 is 2.52 bits per heavy atom. The highest BCUT2D eigenvalue weighted by Gasteiger charge is 2.17. The molecule has 8 heteroatoms. The third-order valence-corrected chi connectivity index (χ3v) is 5.48. The van der Waals surface area contributed by atoms with E-state index in [2.05, 4.69) is 20.5 Å². The summed E-state index contributed by atoms with van der Waals surface area (Å²) in [5.74, 6) is 1.50. The van der Waals surface area contributed by atoms with Gasteiger partial charge in [-0.3, -0.25) is 14.3 Å². The Labute approximate surface area is 184 Å². The molecule has 4 aromatic rings. The van der Waals surface area contributed by atoms with Crippen LogP contribution in [0.15, 0.2) is 78.2 Å². The minimum Gasteiger partial charge on any atom is -0.497 e. The molecule has 0 spiro atoms. The molecule has 7 nitrogen and oxygen atoms in total. The van der Waals surface area contributed by atoms with Gasteiger partial charge < -0.3 is 10.1 Å². The van der Waals surface area contributed by atoms with Crippen molar-refractivity contribution < 1.29 is 9.53 Å². The summed E-state index contributed by atoms with van der Waals surface area (Å²) >= 11 is 1.32. The lowest BCUT2D eigenvalue weighted by Gasteiger charge is -2.11. The number of carbonyl (C=O) groups excluding carboxylic acids is 1. The predicted molar refractivity (Wildman–Crippen MR) is 122 cm³/mol. The first-order valence-corrected chi connectivity index (χ1v) is 10.6. The number of carbonyl (C=O) groups is 1. The summed E-state index contributed by atoms with van der Waals surface area (Å²) in [5, 5.41) is 12.2. The maximum absolute atomic E-state index is 12.5. The van der Waals surface area contributed by atoms with Gasteiger partial charge in [0.2, 0.25) is 5.91 Å². The van der Waals surface area contributed by atoms with Crippen molar-refractivity contribution in [3.63, 3.8) is 0 Å². The molecule has 1 N–H and O–H groups in total. The van der Waals surface area contributed by atoms with E-state index in [9.17, 15) is 4.79 Å². The molecule has 0 aliphatic rings. The Morgan fingerprint density at radius 2 is 1.84 bits per heavy atom. The van der Waals surface area contributed by atoms with Crippen LogP contribution < -0.4 is 10.1 Å². The topological polar surface area (TPSA) is 81.9 Å². The third-order valence-electron chi connectivity index (χ3n) is 4.55. The van der Waals surface area contributed by atoms with Crippen LogP contribution in [0.5, 0.6) is 5.75 Å². The van der Waals surface area contributed by atoms with Gasteiger partial charge in [-0.25, -0.2) is 0 Å². The molecule has 2 heterocycles. The van der Waals surface area contributed by atoms with Gasteiger partial charge in [0.1, 0.15) is 5.75 Å². The second-order valence-electron chi connectivity index (χ2n) is 6.78. The first-order valence-electron chi connectivity index (χ1n) is 9.63. The predicted octanol–water partition coefficient (Wildman–Crippen LogP) is 4.38. The number of hydrogen-bond donors (Lipinski definition) is 1. The number of ether oxygens (including phenoxy) is 1. The Balaban J connectivity index is 1.58. The van der Waals surface area contributed by atoms with Crippen molar-refractivity contribution >= 4 is 23.4 Å². The van der Waals surface area contributed by atoms with Crippen LogP contribution in [0.4, 0.5) is 5.69 Å². The largest absolute Gasteiger partial charge is 0.497 e. The van der Waals surface area contributed by atoms with Gasteiger partial charge in [0.15, 0.2) is 11.0 Å². The molecule has 2 aromatic carbocycles. The molecular weight excluding hydrogens is 410 g/mol. The zero-order chi connectivity index (χ0) is 21.6. The van der Waals surface area contributed by atoms with Crippen LogP contribution in [0, 0.1) is 6.92 Å². The van der Waals surface area contributed by atoms with Gasteiger partial charge in [0.05, 0.1) is 12.9 Å². The Hall–Kier alpha value is -3.65. The van der Waals surface area contributed by atoms with Crippen LogP contribution >= 0.6 is 11.8 Å². The number of benzene rings is 2. The molecule has 0 bridgehead atoms. The summed E-state index contributed by atoms with van der Waals surface area (Å²) in [7, 11) is 1.63. The molecule has 0 fully saturated rings. The van der Waals surface area contributed by atoms with E-state index in [4.69, 9.17) is 4.74 Å². The first kappa shape index (κ1) is 20.6. The molecule has 0 saturated heterocycles. The fourth-order valence-corrected chi connectivity index (χ4v) is 3.73. The van der Waals surface area contributed by atoms with Crippen LogP contribution in [-0.4, -0.2) is 38.5 Å². The highest BCUT2D eigenvalue weighted by molar-refractivity contribution is 7.99. The summed E-state index contributed by atoms with van der Waals surface area (Å²) in [6.45, 7) is 2.01. The lowest BCUT2D eigenvalue weighted by molar-refractivity contribution is -0.113. The van der Waals surface area contributed by atoms with Crippen molar-refractivity contribution in [3.05, 3.63) is 78.6 Å². The number of rotatable bonds is 7. The standard InChI is InChI=1S/C23H21N5O2S/c1-16-5-7-18(8-6-16)25-21(29)15-31-23-27-26-22(17-4-3-13-24-14-17)28(23)19-9-11-20(30-2)12-10-19/h3-14H,15H2,1-2H3,(H,25,29). The van der Waals surface area contributed by atoms with E-state index in [1.807, 2.05) is 72.2 Å². The van der Waals surface area contributed by atoms with Gasteiger partial charge in [-0.15, -0.1) is 10.2 Å². The van der Waals surface area contributed by atoms with Gasteiger partial charge in [-0.05, 0) is 55.5 Å². The minimum absolute atomic E-state index is 0.110. The van der Waals surface area contributed by atoms with Crippen molar-refractivity contribution in [3.8, 4) is 22.8 Å². The normalized spacial score (nSPS) is 10.6. The number of pyridine rings is 1. The van der Waals surface area contributed by atoms with Crippen LogP contribution in [-0.2, 0) is 4.79 Å². The average molecular weight is 432 g/mol. The number of nitrogens with one attached hydrogen (secondary N) is 1. The van der Waals surface area contributed by atoms with Crippen LogP contribution in [0.2, 0.25) is 0 Å². The lowest BCUT2D eigenvalue weighted by Crippen LogP contribution is -2.14. The summed E-state index contributed by atoms with van der Waals surface area (Å²) < 4.78 is 7.18. The first-order chi connectivity index (χ1) is 15.1. The van der Waals surface area contributed by atoms with Gasteiger partial charge in [0, 0.05) is 29.3 Å². The molecule has 2 aromatic heterocycles. The van der Waals surface area contributed by atoms with Crippen molar-refractivity contribution in [1.29, 1.82) is 0 Å². The SMILES string of the molecule is COc1ccc(-n2c(SCC(=O)Nc3ccc(C)cc3)nnc2-c2cccnc2)cc1. The molecule has 4 rings (SSSR count). The summed E-state index contributed by atoms with van der Waals surface area (Å²) in [4.78, 5) is 16.7. The summed E-state index contributed by atoms with van der Waals surface area (Å²) in [6.07, 6.45) is 3.45. The van der Waals surface area contributed by atoms with Gasteiger partial charge in [-0.2, -0.15) is 0 Å². The van der Waals surface area contributed by atoms with Gasteiger partial charge >= 0.3 is 0 Å². The number of nitrogens with zero attached hydrogens (tertiary/aromatic N) is 4. The van der Waals surface area contributed by atoms with E-state index in [1.165, 1.54) is 11.8 Å². The number of aryl methyl sites for hydroxylation is 1. The van der Waals surface area contributed by atoms with E-state index < -0.39 is 0 Å². The zero-order valence-corrected chi connectivity index (χ0v) is 18.0. The lowest BCUT2D eigenvalue weighted by atomic mass is 10.2. The zero-order valence-electron chi connectivity index (χ0n) is 17.1. The highest BCUT2D eigenvalue weighted by atomic mass is 32.2. The fourth-order valence-electron chi connectivity index (χ4n) is 2.97. The van der Waals surface area contributed by atoms with Crippen molar-refractivity contribution in [2.75, 3.05) is 18.2 Å². The highest BCUT2D eigenvalue weighted by Crippen LogP contribution is 2.28. The molecule has 0 aliphatic carbocycles. The third kappa shape index (κ3) is 4.92. The Morgan fingerprint density at radius 1 is 1.06 bits per heavy atom. The van der Waals surface area contributed by atoms with Crippen molar-refractivity contribution in [2.45, 2.75) is 12.1 Å². The number of methoxy groups -OCH3 is 1. The second-order valence-corrected chi connectivity index (χ2v) is 7.73. The average Bonchev–Trinajstić information content (AvgIpc) is 3.24. The smallest absolute Gasteiger partial charge is 0.234 e. The number of hydrogen-bond acceptors (Lipinski definition) is 6. The van der Waals surface area contributed by atoms with Crippen molar-refractivity contribution in [2.24, 2.45) is 0 Å². The van der Waals surface area contributed by atoms with E-state index >= 15 is 0 Å². The Kier molecular flexibility index (Phi) is 6.28. The molecule has 31 heavy (non-hydrogen) atoms. The quantitative estimate of drug-likeness (QED) is 0.438. The monoisotopic (exact) mass is 431 g/mol. The summed E-state index contributed by atoms with van der Waals surface area (Å²) in [5.41, 5.74) is 3.61. The van der Waals surface area contributed by atoms with Crippen LogP contribution in [0.1, 0.15) is 5.56 Å². The van der Waals surface area contributed by atoms with E-state index in [1.54, 1.807) is 19.5 Å². The number of thioether (sulfide) groups is 1. The summed E-state index contributed by atoms with van der Waals surface area (Å²) in [6, 6.07) is 19.1. The number of anilines is 1. The van der Waals surface area contributed by atoms with Gasteiger partial charge in [0.25, 0.3) is 0 Å². The van der Waals surface area contributed by atoms with E-state index in [0.29, 0.717) is 11.0 Å². The van der Waals surface area contributed by atoms with E-state index in [0.717, 1.165) is 28.3 Å². The second kappa shape index (κ2) is 9.44. The number of amides is 1. The molecule has 156 valence electrons. The van der Waals surface area contributed by atoms with Gasteiger partial charge in [-0.1, -0.05) is 29.5 Å². The molecule has 1 amide bonds. The molecule has 0 unspecified atom stereocenters. The van der Waals surface area contributed by atoms with Crippen molar-refractivity contribution in [1.82, 2.24) is 19.7 Å². The number of aromatic nitrogens is 4. The van der Waals surface area contributed by atoms with Crippen LogP contribution in [0.25, 0.3) is 17.1 Å². The minimum atomic E-state index is -0.110. The van der Waals surface area contributed by atoms with Crippen LogP contribution in [0.3, 0.4) is 0 Å². The fraction of sp³-hybridized carbons (Fsp3) is 0.130. The Bertz CT molecular complexity index is 1160. The molecule has 0 atom stereocenters. The van der Waals surface area contributed by atoms with E-state index in [-0.39, 0.29) is 11.7 Å². The molecule has 0 aliphatic heterocycles. The maximum atomic E-state index is 12.5. The maximum Gasteiger partial charge on any atom is 0.234 e. The molecule has 0 radical (unpaired) electrons.